The fraction of sp³-hybridized carbons (Fsp3) is 0.333. The predicted molar refractivity (Wildman–Crippen MR) is 103 cm³/mol. The highest BCUT2D eigenvalue weighted by Crippen LogP contribution is 2.28. The summed E-state index contributed by atoms with van der Waals surface area (Å²) in [6.07, 6.45) is 4.09. The number of aliphatic hydroxyl groups is 1. The maximum Gasteiger partial charge on any atom is 0.143 e. The van der Waals surface area contributed by atoms with Gasteiger partial charge in [0, 0.05) is 23.3 Å². The van der Waals surface area contributed by atoms with E-state index >= 15 is 0 Å². The largest absolute Gasteiger partial charge is 0.489 e. The third-order valence-corrected chi connectivity index (χ3v) is 4.75. The minimum absolute atomic E-state index is 0.312. The minimum Gasteiger partial charge on any atom is -0.489 e. The van der Waals surface area contributed by atoms with Gasteiger partial charge in [-0.2, -0.15) is 0 Å². The summed E-state index contributed by atoms with van der Waals surface area (Å²) in [6, 6.07) is 14.1. The number of pyridine rings is 1. The van der Waals surface area contributed by atoms with Gasteiger partial charge < -0.3 is 14.2 Å². The van der Waals surface area contributed by atoms with Gasteiger partial charge in [0.05, 0.1) is 11.6 Å². The average molecular weight is 358 g/mol. The van der Waals surface area contributed by atoms with Crippen LogP contribution in [0, 0.1) is 0 Å². The second-order valence-electron chi connectivity index (χ2n) is 6.28. The van der Waals surface area contributed by atoms with Crippen LogP contribution in [0.5, 0.6) is 5.75 Å². The Morgan fingerprint density at radius 3 is 2.72 bits per heavy atom. The van der Waals surface area contributed by atoms with Crippen molar-refractivity contribution < 1.29 is 9.84 Å². The van der Waals surface area contributed by atoms with Crippen LogP contribution < -0.4 is 4.74 Å². The van der Waals surface area contributed by atoms with E-state index in [0.717, 1.165) is 29.1 Å². The molecule has 3 nitrogen and oxygen atoms in total. The number of hydrogen-bond donors (Lipinski definition) is 1. The molecular weight excluding hydrogens is 334 g/mol. The fourth-order valence-electron chi connectivity index (χ4n) is 3.05. The van der Waals surface area contributed by atoms with Crippen molar-refractivity contribution in [2.75, 3.05) is 6.61 Å². The molecule has 0 aliphatic rings. The zero-order valence-electron chi connectivity index (χ0n) is 14.7. The normalized spacial score (nSPS) is 12.5. The summed E-state index contributed by atoms with van der Waals surface area (Å²) < 4.78 is 8.05. The standard InChI is InChI=1S/C21H24ClNO2/c1-3-16-13-20-21(25-14-18(24)4-2)9-6-10-23(20)19(16)12-15-7-5-8-17(22)11-15/h5-11,13,18,24H,3-4,12,14H2,1-2H3. The lowest BCUT2D eigenvalue weighted by Crippen LogP contribution is -2.16. The van der Waals surface area contributed by atoms with E-state index in [1.54, 1.807) is 0 Å². The van der Waals surface area contributed by atoms with Crippen LogP contribution in [-0.2, 0) is 12.8 Å². The molecule has 0 aliphatic carbocycles. The molecule has 0 radical (unpaired) electrons. The third kappa shape index (κ3) is 4.00. The smallest absolute Gasteiger partial charge is 0.143 e. The SMILES string of the molecule is CCc1cc2c(OCC(O)CC)cccn2c1Cc1cccc(Cl)c1. The minimum atomic E-state index is -0.438. The Labute approximate surface area is 153 Å². The molecule has 0 spiro atoms. The number of halogens is 1. The van der Waals surface area contributed by atoms with Crippen LogP contribution in [0.3, 0.4) is 0 Å². The van der Waals surface area contributed by atoms with Crippen LogP contribution in [0.25, 0.3) is 5.52 Å². The first-order valence-electron chi connectivity index (χ1n) is 8.79. The van der Waals surface area contributed by atoms with Gasteiger partial charge >= 0.3 is 0 Å². The van der Waals surface area contributed by atoms with Gasteiger partial charge in [0.15, 0.2) is 0 Å². The van der Waals surface area contributed by atoms with Crippen molar-refractivity contribution in [2.45, 2.75) is 39.2 Å². The topological polar surface area (TPSA) is 33.9 Å². The molecule has 0 fully saturated rings. The molecule has 0 saturated carbocycles. The summed E-state index contributed by atoms with van der Waals surface area (Å²) in [6.45, 7) is 4.42. The van der Waals surface area contributed by atoms with Crippen LogP contribution in [0.15, 0.2) is 48.7 Å². The van der Waals surface area contributed by atoms with Gasteiger partial charge in [0.1, 0.15) is 12.4 Å². The molecule has 0 saturated heterocycles. The molecule has 25 heavy (non-hydrogen) atoms. The summed E-state index contributed by atoms with van der Waals surface area (Å²) in [5.74, 6) is 0.807. The maximum absolute atomic E-state index is 9.77. The van der Waals surface area contributed by atoms with Gasteiger partial charge in [0.2, 0.25) is 0 Å². The van der Waals surface area contributed by atoms with E-state index in [1.165, 1.54) is 16.8 Å². The molecule has 0 amide bonds. The van der Waals surface area contributed by atoms with Gasteiger partial charge in [-0.15, -0.1) is 0 Å². The third-order valence-electron chi connectivity index (χ3n) is 4.51. The van der Waals surface area contributed by atoms with Gasteiger partial charge in [-0.25, -0.2) is 0 Å². The highest BCUT2D eigenvalue weighted by Gasteiger charge is 2.14. The molecule has 1 N–H and O–H groups in total. The number of fused-ring (bicyclic) bond motifs is 1. The highest BCUT2D eigenvalue weighted by atomic mass is 35.5. The van der Waals surface area contributed by atoms with E-state index in [4.69, 9.17) is 16.3 Å². The van der Waals surface area contributed by atoms with E-state index < -0.39 is 6.10 Å². The number of benzene rings is 1. The van der Waals surface area contributed by atoms with Crippen molar-refractivity contribution >= 4 is 17.1 Å². The van der Waals surface area contributed by atoms with E-state index in [1.807, 2.05) is 37.3 Å². The molecule has 1 unspecified atom stereocenters. The summed E-state index contributed by atoms with van der Waals surface area (Å²) in [5, 5.41) is 10.5. The molecule has 0 bridgehead atoms. The van der Waals surface area contributed by atoms with Crippen LogP contribution in [0.2, 0.25) is 5.02 Å². The molecule has 2 aromatic heterocycles. The molecule has 4 heteroatoms. The Hall–Kier alpha value is -1.97. The highest BCUT2D eigenvalue weighted by molar-refractivity contribution is 6.30. The number of aliphatic hydroxyl groups excluding tert-OH is 1. The van der Waals surface area contributed by atoms with Crippen molar-refractivity contribution in [3.8, 4) is 5.75 Å². The number of ether oxygens (including phenoxy) is 1. The fourth-order valence-corrected chi connectivity index (χ4v) is 3.26. The average Bonchev–Trinajstić information content (AvgIpc) is 2.98. The molecular formula is C21H24ClNO2. The van der Waals surface area contributed by atoms with Crippen LogP contribution in [-0.4, -0.2) is 22.2 Å². The molecule has 3 aromatic rings. The van der Waals surface area contributed by atoms with Crippen molar-refractivity contribution in [1.82, 2.24) is 4.40 Å². The maximum atomic E-state index is 9.77. The first kappa shape index (κ1) is 17.8. The van der Waals surface area contributed by atoms with E-state index in [0.29, 0.717) is 13.0 Å². The summed E-state index contributed by atoms with van der Waals surface area (Å²) >= 11 is 6.14. The lowest BCUT2D eigenvalue weighted by Gasteiger charge is -2.12. The Bertz CT molecular complexity index is 856. The first-order chi connectivity index (χ1) is 12.1. The Kier molecular flexibility index (Phi) is 5.67. The Morgan fingerprint density at radius 2 is 2.00 bits per heavy atom. The van der Waals surface area contributed by atoms with E-state index in [-0.39, 0.29) is 0 Å². The van der Waals surface area contributed by atoms with Crippen molar-refractivity contribution in [2.24, 2.45) is 0 Å². The molecule has 2 heterocycles. The van der Waals surface area contributed by atoms with Crippen molar-refractivity contribution in [1.29, 1.82) is 0 Å². The lowest BCUT2D eigenvalue weighted by atomic mass is 10.1. The number of aryl methyl sites for hydroxylation is 1. The first-order valence-corrected chi connectivity index (χ1v) is 9.17. The second kappa shape index (κ2) is 7.94. The summed E-state index contributed by atoms with van der Waals surface area (Å²) in [7, 11) is 0. The summed E-state index contributed by atoms with van der Waals surface area (Å²) in [5.41, 5.74) is 4.78. The predicted octanol–water partition coefficient (Wildman–Crippen LogP) is 4.90. The zero-order valence-corrected chi connectivity index (χ0v) is 15.5. The van der Waals surface area contributed by atoms with Gasteiger partial charge in [-0.1, -0.05) is 37.6 Å². The Morgan fingerprint density at radius 1 is 1.16 bits per heavy atom. The van der Waals surface area contributed by atoms with Gasteiger partial charge in [-0.05, 0) is 54.3 Å². The van der Waals surface area contributed by atoms with Crippen molar-refractivity contribution in [3.63, 3.8) is 0 Å². The molecule has 1 aromatic carbocycles. The Balaban J connectivity index is 1.98. The molecule has 3 rings (SSSR count). The second-order valence-corrected chi connectivity index (χ2v) is 6.71. The van der Waals surface area contributed by atoms with Gasteiger partial charge in [-0.3, -0.25) is 0 Å². The number of rotatable bonds is 7. The zero-order chi connectivity index (χ0) is 17.8. The van der Waals surface area contributed by atoms with E-state index in [2.05, 4.69) is 29.7 Å². The number of nitrogens with zero attached hydrogens (tertiary/aromatic N) is 1. The molecule has 1 atom stereocenters. The van der Waals surface area contributed by atoms with Crippen LogP contribution in [0.1, 0.15) is 37.1 Å². The molecule has 0 aliphatic heterocycles. The molecule has 132 valence electrons. The number of aromatic nitrogens is 1. The number of hydrogen-bond acceptors (Lipinski definition) is 2. The quantitative estimate of drug-likeness (QED) is 0.652. The lowest BCUT2D eigenvalue weighted by molar-refractivity contribution is 0.105. The van der Waals surface area contributed by atoms with E-state index in [9.17, 15) is 5.11 Å². The monoisotopic (exact) mass is 357 g/mol. The van der Waals surface area contributed by atoms with Crippen LogP contribution >= 0.6 is 11.6 Å². The van der Waals surface area contributed by atoms with Crippen molar-refractivity contribution in [3.05, 3.63) is 70.5 Å². The summed E-state index contributed by atoms with van der Waals surface area (Å²) in [4.78, 5) is 0. The van der Waals surface area contributed by atoms with Gasteiger partial charge in [0.25, 0.3) is 0 Å². The van der Waals surface area contributed by atoms with Crippen LogP contribution in [0.4, 0.5) is 0 Å².